The number of benzene rings is 3. The van der Waals surface area contributed by atoms with E-state index in [2.05, 4.69) is 16.5 Å². The van der Waals surface area contributed by atoms with Crippen LogP contribution in [0.1, 0.15) is 33.6 Å². The van der Waals surface area contributed by atoms with Gasteiger partial charge in [0.2, 0.25) is 0 Å². The van der Waals surface area contributed by atoms with Gasteiger partial charge in [0.1, 0.15) is 35.6 Å². The number of nitriles is 1. The van der Waals surface area contributed by atoms with Crippen LogP contribution >= 0.6 is 0 Å². The molecular formula is C27H24FN5O2. The van der Waals surface area contributed by atoms with Gasteiger partial charge in [-0.05, 0) is 66.9 Å². The standard InChI is InChI=1S/C27H24FN5O2/c28-21-10-12-22(13-11-21)33-26(30)24(17-29)25(32-33)7-4-16-31-27(34)20-8-14-23(15-9-20)35-18-19-5-2-1-3-6-19/h1-3,5-6,8-15H,4,7,16,18,30H2,(H,31,34). The Morgan fingerprint density at radius 2 is 1.77 bits per heavy atom. The monoisotopic (exact) mass is 469 g/mol. The Morgan fingerprint density at radius 3 is 2.46 bits per heavy atom. The number of aromatic nitrogens is 2. The third-order valence-corrected chi connectivity index (χ3v) is 5.42. The van der Waals surface area contributed by atoms with Gasteiger partial charge in [-0.2, -0.15) is 10.4 Å². The van der Waals surface area contributed by atoms with Gasteiger partial charge in [0.25, 0.3) is 5.91 Å². The normalized spacial score (nSPS) is 10.5. The molecule has 1 heterocycles. The highest BCUT2D eigenvalue weighted by atomic mass is 19.1. The Bertz CT molecular complexity index is 1330. The first-order valence-electron chi connectivity index (χ1n) is 11.1. The summed E-state index contributed by atoms with van der Waals surface area (Å²) in [5.41, 5.74) is 9.06. The summed E-state index contributed by atoms with van der Waals surface area (Å²) < 4.78 is 20.4. The van der Waals surface area contributed by atoms with Gasteiger partial charge >= 0.3 is 0 Å². The van der Waals surface area contributed by atoms with Crippen LogP contribution in [-0.4, -0.2) is 22.2 Å². The Morgan fingerprint density at radius 1 is 1.06 bits per heavy atom. The number of hydrogen-bond acceptors (Lipinski definition) is 5. The van der Waals surface area contributed by atoms with Gasteiger partial charge in [-0.3, -0.25) is 4.79 Å². The number of ether oxygens (including phenoxy) is 1. The van der Waals surface area contributed by atoms with Crippen LogP contribution in [0.15, 0.2) is 78.9 Å². The number of halogens is 1. The SMILES string of the molecule is N#Cc1c(CCCNC(=O)c2ccc(OCc3ccccc3)cc2)nn(-c2ccc(F)cc2)c1N. The van der Waals surface area contributed by atoms with Gasteiger partial charge in [0.15, 0.2) is 0 Å². The summed E-state index contributed by atoms with van der Waals surface area (Å²) in [4.78, 5) is 12.5. The van der Waals surface area contributed by atoms with Gasteiger partial charge in [0, 0.05) is 12.1 Å². The lowest BCUT2D eigenvalue weighted by Gasteiger charge is -2.08. The number of hydrogen-bond donors (Lipinski definition) is 2. The largest absolute Gasteiger partial charge is 0.489 e. The minimum absolute atomic E-state index is 0.198. The van der Waals surface area contributed by atoms with Crippen molar-refractivity contribution < 1.29 is 13.9 Å². The molecule has 0 bridgehead atoms. The van der Waals surface area contributed by atoms with Crippen LogP contribution in [0.4, 0.5) is 10.2 Å². The van der Waals surface area contributed by atoms with E-state index >= 15 is 0 Å². The maximum atomic E-state index is 13.2. The maximum absolute atomic E-state index is 13.2. The fraction of sp³-hybridized carbons (Fsp3) is 0.148. The van der Waals surface area contributed by atoms with E-state index in [1.165, 1.54) is 16.8 Å². The quantitative estimate of drug-likeness (QED) is 0.353. The molecule has 35 heavy (non-hydrogen) atoms. The van der Waals surface area contributed by atoms with Gasteiger partial charge in [0.05, 0.1) is 11.4 Å². The molecule has 0 spiro atoms. The number of nitrogen functional groups attached to an aromatic ring is 1. The number of rotatable bonds is 9. The van der Waals surface area contributed by atoms with Crippen molar-refractivity contribution in [2.45, 2.75) is 19.4 Å². The van der Waals surface area contributed by atoms with Crippen LogP contribution in [0, 0.1) is 17.1 Å². The first-order chi connectivity index (χ1) is 17.0. The Balaban J connectivity index is 1.28. The summed E-state index contributed by atoms with van der Waals surface area (Å²) in [6.45, 7) is 0.859. The molecule has 3 aromatic carbocycles. The van der Waals surface area contributed by atoms with E-state index in [4.69, 9.17) is 10.5 Å². The van der Waals surface area contributed by atoms with Crippen LogP contribution in [0.3, 0.4) is 0 Å². The molecule has 4 rings (SSSR count). The fourth-order valence-corrected chi connectivity index (χ4v) is 3.56. The number of nitrogens with one attached hydrogen (secondary N) is 1. The number of nitrogens with two attached hydrogens (primary N) is 1. The summed E-state index contributed by atoms with van der Waals surface area (Å²) in [7, 11) is 0. The highest BCUT2D eigenvalue weighted by Gasteiger charge is 2.16. The number of carbonyl (C=O) groups is 1. The van der Waals surface area contributed by atoms with Crippen molar-refractivity contribution in [3.63, 3.8) is 0 Å². The highest BCUT2D eigenvalue weighted by molar-refractivity contribution is 5.94. The zero-order valence-corrected chi connectivity index (χ0v) is 18.9. The molecule has 0 radical (unpaired) electrons. The average molecular weight is 470 g/mol. The molecule has 8 heteroatoms. The lowest BCUT2D eigenvalue weighted by molar-refractivity contribution is 0.0953. The lowest BCUT2D eigenvalue weighted by atomic mass is 10.1. The number of carbonyl (C=O) groups excluding carboxylic acids is 1. The van der Waals surface area contributed by atoms with Crippen LogP contribution in [0.5, 0.6) is 5.75 Å². The fourth-order valence-electron chi connectivity index (χ4n) is 3.56. The molecular weight excluding hydrogens is 445 g/mol. The van der Waals surface area contributed by atoms with E-state index in [9.17, 15) is 14.4 Å². The second kappa shape index (κ2) is 11.0. The first-order valence-corrected chi connectivity index (χ1v) is 11.1. The molecule has 0 saturated heterocycles. The molecule has 0 atom stereocenters. The Kier molecular flexibility index (Phi) is 7.38. The van der Waals surface area contributed by atoms with Gasteiger partial charge in [-0.25, -0.2) is 9.07 Å². The van der Waals surface area contributed by atoms with E-state index < -0.39 is 0 Å². The summed E-state index contributed by atoms with van der Waals surface area (Å²) in [6, 6.07) is 24.6. The van der Waals surface area contributed by atoms with Crippen LogP contribution in [-0.2, 0) is 13.0 Å². The van der Waals surface area contributed by atoms with E-state index in [0.717, 1.165) is 5.56 Å². The van der Waals surface area contributed by atoms with Gasteiger partial charge < -0.3 is 15.8 Å². The van der Waals surface area contributed by atoms with Crippen LogP contribution < -0.4 is 15.8 Å². The van der Waals surface area contributed by atoms with Crippen molar-refractivity contribution in [3.05, 3.63) is 107 Å². The highest BCUT2D eigenvalue weighted by Crippen LogP contribution is 2.22. The topological polar surface area (TPSA) is 106 Å². The van der Waals surface area contributed by atoms with E-state index in [-0.39, 0.29) is 23.1 Å². The molecule has 0 fully saturated rings. The van der Waals surface area contributed by atoms with Crippen molar-refractivity contribution in [2.24, 2.45) is 0 Å². The molecule has 7 nitrogen and oxygen atoms in total. The molecule has 0 unspecified atom stereocenters. The van der Waals surface area contributed by atoms with E-state index in [1.807, 2.05) is 30.3 Å². The number of anilines is 1. The van der Waals surface area contributed by atoms with Crippen molar-refractivity contribution in [1.82, 2.24) is 15.1 Å². The minimum Gasteiger partial charge on any atom is -0.489 e. The molecule has 3 N–H and O–H groups in total. The Hall–Kier alpha value is -4.64. The molecule has 0 aliphatic heterocycles. The minimum atomic E-state index is -0.370. The molecule has 1 aromatic heterocycles. The third-order valence-electron chi connectivity index (χ3n) is 5.42. The molecule has 176 valence electrons. The van der Waals surface area contributed by atoms with Crippen LogP contribution in [0.25, 0.3) is 5.69 Å². The second-order valence-corrected chi connectivity index (χ2v) is 7.87. The molecule has 0 aliphatic rings. The summed E-state index contributed by atoms with van der Waals surface area (Å²) >= 11 is 0. The van der Waals surface area contributed by atoms with Crippen molar-refractivity contribution in [1.29, 1.82) is 5.26 Å². The zero-order chi connectivity index (χ0) is 24.6. The molecule has 4 aromatic rings. The van der Waals surface area contributed by atoms with Gasteiger partial charge in [-0.1, -0.05) is 30.3 Å². The lowest BCUT2D eigenvalue weighted by Crippen LogP contribution is -2.24. The summed E-state index contributed by atoms with van der Waals surface area (Å²) in [6.07, 6.45) is 1.02. The van der Waals surface area contributed by atoms with Gasteiger partial charge in [-0.15, -0.1) is 0 Å². The van der Waals surface area contributed by atoms with E-state index in [1.54, 1.807) is 36.4 Å². The molecule has 1 amide bonds. The van der Waals surface area contributed by atoms with Crippen molar-refractivity contribution in [2.75, 3.05) is 12.3 Å². The smallest absolute Gasteiger partial charge is 0.251 e. The summed E-state index contributed by atoms with van der Waals surface area (Å²) in [5.74, 6) is 0.318. The first kappa shape index (κ1) is 23.5. The number of aryl methyl sites for hydroxylation is 1. The Labute approximate surface area is 202 Å². The third kappa shape index (κ3) is 5.84. The maximum Gasteiger partial charge on any atom is 0.251 e. The molecule has 0 aliphatic carbocycles. The van der Waals surface area contributed by atoms with Crippen molar-refractivity contribution in [3.8, 4) is 17.5 Å². The summed E-state index contributed by atoms with van der Waals surface area (Å²) in [5, 5.41) is 16.8. The number of nitrogens with zero attached hydrogens (tertiary/aromatic N) is 3. The predicted molar refractivity (Wildman–Crippen MR) is 131 cm³/mol. The zero-order valence-electron chi connectivity index (χ0n) is 18.9. The van der Waals surface area contributed by atoms with Crippen LogP contribution in [0.2, 0.25) is 0 Å². The predicted octanol–water partition coefficient (Wildman–Crippen LogP) is 4.41. The average Bonchev–Trinajstić information content (AvgIpc) is 3.21. The molecule has 0 saturated carbocycles. The van der Waals surface area contributed by atoms with Crippen molar-refractivity contribution >= 4 is 11.7 Å². The second-order valence-electron chi connectivity index (χ2n) is 7.87. The van der Waals surface area contributed by atoms with E-state index in [0.29, 0.717) is 48.7 Å². The number of amides is 1.